The highest BCUT2D eigenvalue weighted by atomic mass is 16.6. The number of fused-ring (bicyclic) bond motifs is 3. The molecule has 4 atom stereocenters. The minimum Gasteiger partial charge on any atom is -0.632 e. The number of esters is 1. The summed E-state index contributed by atoms with van der Waals surface area (Å²) in [4.78, 5) is 11.4. The molecule has 2 saturated heterocycles. The molecule has 3 aliphatic heterocycles. The maximum atomic E-state index is 12.8. The lowest BCUT2D eigenvalue weighted by molar-refractivity contribution is -0.899. The summed E-state index contributed by atoms with van der Waals surface area (Å²) in [5.41, 5.74) is 0.353. The lowest BCUT2D eigenvalue weighted by Crippen LogP contribution is -2.51. The minimum absolute atomic E-state index is 0.00412. The van der Waals surface area contributed by atoms with Gasteiger partial charge in [0.2, 0.25) is 0 Å². The van der Waals surface area contributed by atoms with Gasteiger partial charge in [-0.15, -0.1) is 0 Å². The van der Waals surface area contributed by atoms with Gasteiger partial charge in [0.05, 0.1) is 13.0 Å². The summed E-state index contributed by atoms with van der Waals surface area (Å²) in [5, 5.41) is 12.8. The van der Waals surface area contributed by atoms with Crippen LogP contribution in [0.1, 0.15) is 19.3 Å². The third kappa shape index (κ3) is 0.759. The van der Waals surface area contributed by atoms with E-state index in [2.05, 4.69) is 0 Å². The largest absolute Gasteiger partial charge is 0.632 e. The van der Waals surface area contributed by atoms with Crippen LogP contribution < -0.4 is 0 Å². The Balaban J connectivity index is 1.93. The summed E-state index contributed by atoms with van der Waals surface area (Å²) in [6, 6.07) is -0.0688. The highest BCUT2D eigenvalue weighted by Gasteiger charge is 2.67. The van der Waals surface area contributed by atoms with Crippen LogP contribution in [0.5, 0.6) is 0 Å². The van der Waals surface area contributed by atoms with Gasteiger partial charge in [0.1, 0.15) is 12.1 Å². The second-order valence-corrected chi connectivity index (χ2v) is 5.28. The van der Waals surface area contributed by atoms with Crippen molar-refractivity contribution in [1.29, 1.82) is 0 Å². The first-order chi connectivity index (χ1) is 7.65. The van der Waals surface area contributed by atoms with Gasteiger partial charge < -0.3 is 14.6 Å². The van der Waals surface area contributed by atoms with E-state index in [9.17, 15) is 10.0 Å². The van der Waals surface area contributed by atoms with Gasteiger partial charge in [-0.05, 0) is 6.08 Å². The Bertz CT molecular complexity index is 455. The maximum absolute atomic E-state index is 12.8. The molecule has 0 aromatic rings. The molecule has 4 nitrogen and oxygen atoms in total. The minimum atomic E-state index is -0.575. The Hall–Kier alpha value is -1.13. The molecule has 4 heteroatoms. The molecule has 2 bridgehead atoms. The van der Waals surface area contributed by atoms with Gasteiger partial charge in [-0.3, -0.25) is 0 Å². The Kier molecular flexibility index (Phi) is 1.35. The predicted octanol–water partition coefficient (Wildman–Crippen LogP) is 1.03. The molecule has 1 spiro atoms. The van der Waals surface area contributed by atoms with Crippen LogP contribution in [0.3, 0.4) is 0 Å². The average molecular weight is 219 g/mol. The maximum Gasteiger partial charge on any atom is 0.332 e. The van der Waals surface area contributed by atoms with Gasteiger partial charge in [0, 0.05) is 24.5 Å². The average Bonchev–Trinajstić information content (AvgIpc) is 2.81. The van der Waals surface area contributed by atoms with Crippen LogP contribution in [-0.4, -0.2) is 34.8 Å². The Labute approximate surface area is 93.3 Å². The first-order valence-corrected chi connectivity index (χ1v) is 5.87. The molecule has 3 heterocycles. The Morgan fingerprint density at radius 2 is 2.44 bits per heavy atom. The van der Waals surface area contributed by atoms with E-state index >= 15 is 0 Å². The zero-order chi connectivity index (χ0) is 11.0. The van der Waals surface area contributed by atoms with Gasteiger partial charge in [-0.2, -0.15) is 0 Å². The SMILES string of the molecule is O=C1C=C2C=C[C@@H]3C[C@@]2(O1)[C@H]1CCC[N+]31[O-]. The molecular formula is C12H13NO3. The van der Waals surface area contributed by atoms with Crippen molar-refractivity contribution >= 4 is 5.97 Å². The Morgan fingerprint density at radius 1 is 1.56 bits per heavy atom. The van der Waals surface area contributed by atoms with Crippen molar-refractivity contribution in [2.24, 2.45) is 0 Å². The van der Waals surface area contributed by atoms with E-state index in [1.807, 2.05) is 12.2 Å². The molecule has 0 amide bonds. The van der Waals surface area contributed by atoms with E-state index in [0.717, 1.165) is 18.4 Å². The van der Waals surface area contributed by atoms with E-state index in [-0.39, 0.29) is 22.7 Å². The normalized spacial score (nSPS) is 52.3. The fourth-order valence-electron chi connectivity index (χ4n) is 4.05. The third-order valence-corrected chi connectivity index (χ3v) is 4.67. The van der Waals surface area contributed by atoms with E-state index in [4.69, 9.17) is 4.74 Å². The molecule has 84 valence electrons. The highest BCUT2D eigenvalue weighted by Crippen LogP contribution is 2.55. The number of rotatable bonds is 0. The van der Waals surface area contributed by atoms with Crippen molar-refractivity contribution in [3.05, 3.63) is 29.0 Å². The fraction of sp³-hybridized carbons (Fsp3) is 0.583. The number of ether oxygens (including phenoxy) is 1. The number of carbonyl (C=O) groups is 1. The molecule has 4 aliphatic rings. The summed E-state index contributed by atoms with van der Waals surface area (Å²) in [6.07, 6.45) is 7.98. The molecule has 0 N–H and O–H groups in total. The quantitative estimate of drug-likeness (QED) is 0.347. The van der Waals surface area contributed by atoms with Crippen molar-refractivity contribution in [2.75, 3.05) is 6.54 Å². The first-order valence-electron chi connectivity index (χ1n) is 5.87. The van der Waals surface area contributed by atoms with Gasteiger partial charge in [-0.1, -0.05) is 6.08 Å². The van der Waals surface area contributed by atoms with Crippen molar-refractivity contribution in [3.8, 4) is 0 Å². The van der Waals surface area contributed by atoms with Gasteiger partial charge in [-0.25, -0.2) is 4.79 Å². The van der Waals surface area contributed by atoms with Gasteiger partial charge in [0.25, 0.3) is 0 Å². The molecule has 0 aromatic carbocycles. The third-order valence-electron chi connectivity index (χ3n) is 4.67. The van der Waals surface area contributed by atoms with Crippen LogP contribution >= 0.6 is 0 Å². The number of hydrogen-bond donors (Lipinski definition) is 0. The number of hydroxylamine groups is 3. The number of hydrogen-bond acceptors (Lipinski definition) is 3. The van der Waals surface area contributed by atoms with Gasteiger partial charge >= 0.3 is 5.97 Å². The fourth-order valence-corrected chi connectivity index (χ4v) is 4.05. The Morgan fingerprint density at radius 3 is 3.31 bits per heavy atom. The van der Waals surface area contributed by atoms with E-state index in [1.54, 1.807) is 6.08 Å². The van der Waals surface area contributed by atoms with Gasteiger partial charge in [0.15, 0.2) is 5.60 Å². The van der Waals surface area contributed by atoms with E-state index in [0.29, 0.717) is 13.0 Å². The second-order valence-electron chi connectivity index (χ2n) is 5.28. The topological polar surface area (TPSA) is 49.4 Å². The lowest BCUT2D eigenvalue weighted by Gasteiger charge is -2.44. The van der Waals surface area contributed by atoms with Crippen LogP contribution in [0, 0.1) is 5.21 Å². The first kappa shape index (κ1) is 8.96. The summed E-state index contributed by atoms with van der Waals surface area (Å²) in [7, 11) is 0. The molecule has 1 unspecified atom stereocenters. The van der Waals surface area contributed by atoms with Crippen molar-refractivity contribution in [1.82, 2.24) is 0 Å². The van der Waals surface area contributed by atoms with Crippen LogP contribution in [0.15, 0.2) is 23.8 Å². The van der Waals surface area contributed by atoms with Crippen LogP contribution in [0.2, 0.25) is 0 Å². The molecule has 0 saturated carbocycles. The summed E-state index contributed by atoms with van der Waals surface area (Å²) < 4.78 is 5.36. The lowest BCUT2D eigenvalue weighted by atomic mass is 9.81. The van der Waals surface area contributed by atoms with Crippen molar-refractivity contribution in [3.63, 3.8) is 0 Å². The number of quaternary nitrogens is 1. The van der Waals surface area contributed by atoms with Crippen LogP contribution in [-0.2, 0) is 9.53 Å². The summed E-state index contributed by atoms with van der Waals surface area (Å²) >= 11 is 0. The molecule has 0 radical (unpaired) electrons. The predicted molar refractivity (Wildman–Crippen MR) is 56.0 cm³/mol. The summed E-state index contributed by atoms with van der Waals surface area (Å²) in [6.45, 7) is 0.673. The molecule has 2 fully saturated rings. The summed E-state index contributed by atoms with van der Waals surface area (Å²) in [5.74, 6) is -0.277. The monoisotopic (exact) mass is 219 g/mol. The molecule has 4 rings (SSSR count). The van der Waals surface area contributed by atoms with Crippen LogP contribution in [0.4, 0.5) is 0 Å². The number of nitrogens with zero attached hydrogens (tertiary/aromatic N) is 1. The van der Waals surface area contributed by atoms with E-state index < -0.39 is 5.60 Å². The van der Waals surface area contributed by atoms with E-state index in [1.165, 1.54) is 0 Å². The second kappa shape index (κ2) is 2.41. The standard InChI is InChI=1S/C12H13NO3/c14-11-6-8-3-4-9-7-12(8,16-11)10-2-1-5-13(9,10)15/h3-4,6,9-10H,1-2,5,7H2/t9-,10-,12+,13?/m1/s1. The van der Waals surface area contributed by atoms with Crippen LogP contribution in [0.25, 0.3) is 0 Å². The van der Waals surface area contributed by atoms with Crippen molar-refractivity contribution in [2.45, 2.75) is 36.9 Å². The molecule has 16 heavy (non-hydrogen) atoms. The molecular weight excluding hydrogens is 206 g/mol. The zero-order valence-corrected chi connectivity index (χ0v) is 8.89. The molecule has 0 aromatic heterocycles. The smallest absolute Gasteiger partial charge is 0.332 e. The molecule has 1 aliphatic carbocycles. The zero-order valence-electron chi connectivity index (χ0n) is 8.89. The number of carbonyl (C=O) groups excluding carboxylic acids is 1. The van der Waals surface area contributed by atoms with Crippen molar-refractivity contribution < 1.29 is 14.2 Å². The highest BCUT2D eigenvalue weighted by molar-refractivity contribution is 5.88.